The Morgan fingerprint density at radius 3 is 2.81 bits per heavy atom. The minimum absolute atomic E-state index is 0.0478. The first-order chi connectivity index (χ1) is 7.65. The van der Waals surface area contributed by atoms with Gasteiger partial charge in [-0.15, -0.1) is 0 Å². The Bertz CT molecular complexity index is 474. The molecule has 0 radical (unpaired) electrons. The third kappa shape index (κ3) is 2.01. The number of esters is 1. The van der Waals surface area contributed by atoms with Crippen LogP contribution < -0.4 is 0 Å². The van der Waals surface area contributed by atoms with Crippen LogP contribution in [-0.2, 0) is 4.74 Å². The van der Waals surface area contributed by atoms with E-state index in [2.05, 4.69) is 0 Å². The second kappa shape index (κ2) is 4.94. The summed E-state index contributed by atoms with van der Waals surface area (Å²) in [5.41, 5.74) is -0.332. The third-order valence-corrected chi connectivity index (χ3v) is 1.95. The van der Waals surface area contributed by atoms with Gasteiger partial charge in [-0.05, 0) is 19.1 Å². The van der Waals surface area contributed by atoms with Gasteiger partial charge in [-0.25, -0.2) is 4.79 Å². The number of carbonyl (C=O) groups excluding carboxylic acids is 2. The molecule has 16 heavy (non-hydrogen) atoms. The first kappa shape index (κ1) is 11.7. The van der Waals surface area contributed by atoms with Crippen molar-refractivity contribution in [2.75, 3.05) is 6.61 Å². The standard InChI is InChI=1S/C11H9NO4/c1-2-16-11(15)8-4-3-7(5-12)10(14)9(8)6-13/h3-4,6,14H,2H2,1H3. The summed E-state index contributed by atoms with van der Waals surface area (Å²) in [5.74, 6) is -1.20. The molecule has 0 fully saturated rings. The van der Waals surface area contributed by atoms with E-state index < -0.39 is 11.7 Å². The molecule has 0 aromatic heterocycles. The van der Waals surface area contributed by atoms with E-state index in [4.69, 9.17) is 10.00 Å². The average molecular weight is 219 g/mol. The van der Waals surface area contributed by atoms with E-state index in [1.807, 2.05) is 0 Å². The van der Waals surface area contributed by atoms with E-state index >= 15 is 0 Å². The topological polar surface area (TPSA) is 87.4 Å². The fourth-order valence-corrected chi connectivity index (χ4v) is 1.20. The second-order valence-electron chi connectivity index (χ2n) is 2.87. The Morgan fingerprint density at radius 1 is 1.62 bits per heavy atom. The maximum Gasteiger partial charge on any atom is 0.338 e. The first-order valence-corrected chi connectivity index (χ1v) is 4.54. The highest BCUT2D eigenvalue weighted by Gasteiger charge is 2.18. The zero-order chi connectivity index (χ0) is 12.1. The van der Waals surface area contributed by atoms with Crippen LogP contribution in [0.15, 0.2) is 12.1 Å². The molecule has 0 saturated heterocycles. The molecule has 1 aromatic carbocycles. The van der Waals surface area contributed by atoms with Crippen molar-refractivity contribution in [1.29, 1.82) is 5.26 Å². The summed E-state index contributed by atoms with van der Waals surface area (Å²) in [5, 5.41) is 18.2. The van der Waals surface area contributed by atoms with Crippen molar-refractivity contribution in [3.05, 3.63) is 28.8 Å². The summed E-state index contributed by atoms with van der Waals surface area (Å²) in [4.78, 5) is 22.1. The number of hydrogen-bond acceptors (Lipinski definition) is 5. The number of phenolic OH excluding ortho intramolecular Hbond substituents is 1. The quantitative estimate of drug-likeness (QED) is 0.610. The summed E-state index contributed by atoms with van der Waals surface area (Å²) >= 11 is 0. The first-order valence-electron chi connectivity index (χ1n) is 4.54. The van der Waals surface area contributed by atoms with Crippen LogP contribution in [0.2, 0.25) is 0 Å². The lowest BCUT2D eigenvalue weighted by molar-refractivity contribution is 0.0523. The van der Waals surface area contributed by atoms with Gasteiger partial charge in [0.25, 0.3) is 0 Å². The molecule has 5 heteroatoms. The van der Waals surface area contributed by atoms with Crippen LogP contribution in [0.1, 0.15) is 33.2 Å². The van der Waals surface area contributed by atoms with Crippen molar-refractivity contribution < 1.29 is 19.4 Å². The molecule has 5 nitrogen and oxygen atoms in total. The smallest absolute Gasteiger partial charge is 0.338 e. The van der Waals surface area contributed by atoms with E-state index in [0.717, 1.165) is 0 Å². The number of benzene rings is 1. The number of ether oxygens (including phenoxy) is 1. The predicted octanol–water partition coefficient (Wildman–Crippen LogP) is 1.25. The molecule has 0 aliphatic heterocycles. The van der Waals surface area contributed by atoms with Gasteiger partial charge >= 0.3 is 5.97 Å². The van der Waals surface area contributed by atoms with Crippen LogP contribution in [0.3, 0.4) is 0 Å². The highest BCUT2D eigenvalue weighted by molar-refractivity contribution is 6.00. The Morgan fingerprint density at radius 2 is 2.31 bits per heavy atom. The minimum atomic E-state index is -0.704. The van der Waals surface area contributed by atoms with Gasteiger partial charge in [-0.3, -0.25) is 4.79 Å². The number of aromatic hydroxyl groups is 1. The SMILES string of the molecule is CCOC(=O)c1ccc(C#N)c(O)c1C=O. The van der Waals surface area contributed by atoms with Crippen molar-refractivity contribution >= 4 is 12.3 Å². The van der Waals surface area contributed by atoms with Gasteiger partial charge in [-0.1, -0.05) is 0 Å². The lowest BCUT2D eigenvalue weighted by atomic mass is 10.0. The molecule has 0 saturated carbocycles. The van der Waals surface area contributed by atoms with Gasteiger partial charge in [0.1, 0.15) is 11.8 Å². The van der Waals surface area contributed by atoms with Crippen LogP contribution in [-0.4, -0.2) is 24.0 Å². The molecular formula is C11H9NO4. The Kier molecular flexibility index (Phi) is 3.62. The number of phenols is 1. The Hall–Kier alpha value is -2.35. The number of nitriles is 1. The molecular weight excluding hydrogens is 210 g/mol. The monoisotopic (exact) mass is 219 g/mol. The van der Waals surface area contributed by atoms with Crippen molar-refractivity contribution in [2.24, 2.45) is 0 Å². The normalized spacial score (nSPS) is 9.25. The molecule has 0 spiro atoms. The van der Waals surface area contributed by atoms with Gasteiger partial charge in [0.2, 0.25) is 0 Å². The summed E-state index contributed by atoms with van der Waals surface area (Å²) in [7, 11) is 0. The van der Waals surface area contributed by atoms with Gasteiger partial charge in [0.15, 0.2) is 6.29 Å². The third-order valence-electron chi connectivity index (χ3n) is 1.95. The van der Waals surface area contributed by atoms with Crippen molar-refractivity contribution in [3.63, 3.8) is 0 Å². The summed E-state index contributed by atoms with van der Waals surface area (Å²) < 4.78 is 4.71. The number of rotatable bonds is 3. The van der Waals surface area contributed by atoms with Crippen molar-refractivity contribution in [3.8, 4) is 11.8 Å². The molecule has 1 rings (SSSR count). The fraction of sp³-hybridized carbons (Fsp3) is 0.182. The van der Waals surface area contributed by atoms with Crippen LogP contribution >= 0.6 is 0 Å². The number of aldehydes is 1. The summed E-state index contributed by atoms with van der Waals surface area (Å²) in [6.45, 7) is 1.79. The van der Waals surface area contributed by atoms with E-state index in [0.29, 0.717) is 6.29 Å². The maximum atomic E-state index is 11.4. The van der Waals surface area contributed by atoms with E-state index in [-0.39, 0.29) is 23.3 Å². The Labute approximate surface area is 91.9 Å². The van der Waals surface area contributed by atoms with Crippen LogP contribution in [0, 0.1) is 11.3 Å². The predicted molar refractivity (Wildman–Crippen MR) is 54.2 cm³/mol. The lowest BCUT2D eigenvalue weighted by Crippen LogP contribution is -2.08. The molecule has 82 valence electrons. The second-order valence-corrected chi connectivity index (χ2v) is 2.87. The zero-order valence-corrected chi connectivity index (χ0v) is 8.56. The molecule has 0 bridgehead atoms. The van der Waals surface area contributed by atoms with E-state index in [1.165, 1.54) is 12.1 Å². The number of hydrogen-bond donors (Lipinski definition) is 1. The highest BCUT2D eigenvalue weighted by Crippen LogP contribution is 2.24. The molecule has 0 atom stereocenters. The maximum absolute atomic E-state index is 11.4. The van der Waals surface area contributed by atoms with Crippen LogP contribution in [0.5, 0.6) is 5.75 Å². The molecule has 0 aliphatic rings. The fourth-order valence-electron chi connectivity index (χ4n) is 1.20. The summed E-state index contributed by atoms with van der Waals surface area (Å²) in [6.07, 6.45) is 0.322. The van der Waals surface area contributed by atoms with Crippen molar-refractivity contribution in [2.45, 2.75) is 6.92 Å². The molecule has 0 unspecified atom stereocenters. The minimum Gasteiger partial charge on any atom is -0.506 e. The lowest BCUT2D eigenvalue weighted by Gasteiger charge is -2.06. The summed E-state index contributed by atoms with van der Waals surface area (Å²) in [6, 6.07) is 4.24. The van der Waals surface area contributed by atoms with Gasteiger partial charge in [-0.2, -0.15) is 5.26 Å². The number of carbonyl (C=O) groups is 2. The zero-order valence-electron chi connectivity index (χ0n) is 8.56. The average Bonchev–Trinajstić information content (AvgIpc) is 2.28. The van der Waals surface area contributed by atoms with E-state index in [1.54, 1.807) is 13.0 Å². The van der Waals surface area contributed by atoms with E-state index in [9.17, 15) is 14.7 Å². The molecule has 1 N–H and O–H groups in total. The largest absolute Gasteiger partial charge is 0.506 e. The van der Waals surface area contributed by atoms with Crippen LogP contribution in [0.4, 0.5) is 0 Å². The number of nitrogens with zero attached hydrogens (tertiary/aromatic N) is 1. The van der Waals surface area contributed by atoms with Gasteiger partial charge in [0.05, 0.1) is 23.3 Å². The Balaban J connectivity index is 3.32. The van der Waals surface area contributed by atoms with Gasteiger partial charge < -0.3 is 9.84 Å². The highest BCUT2D eigenvalue weighted by atomic mass is 16.5. The molecule has 1 aromatic rings. The molecule has 0 aliphatic carbocycles. The van der Waals surface area contributed by atoms with Crippen molar-refractivity contribution in [1.82, 2.24) is 0 Å². The molecule has 0 amide bonds. The molecule has 0 heterocycles. The van der Waals surface area contributed by atoms with Crippen LogP contribution in [0.25, 0.3) is 0 Å². The van der Waals surface area contributed by atoms with Gasteiger partial charge in [0, 0.05) is 0 Å².